The minimum Gasteiger partial charge on any atom is -0.363 e. The van der Waals surface area contributed by atoms with Crippen molar-refractivity contribution in [3.8, 4) is 0 Å². The summed E-state index contributed by atoms with van der Waals surface area (Å²) in [5.74, 6) is 0.300. The van der Waals surface area contributed by atoms with Crippen molar-refractivity contribution in [2.45, 2.75) is 12.2 Å². The van der Waals surface area contributed by atoms with Gasteiger partial charge < -0.3 is 4.74 Å². The lowest BCUT2D eigenvalue weighted by molar-refractivity contribution is -0.0138. The van der Waals surface area contributed by atoms with E-state index in [2.05, 4.69) is 0 Å². The summed E-state index contributed by atoms with van der Waals surface area (Å²) >= 11 is 0. The second-order valence-electron chi connectivity index (χ2n) is 3.97. The molecule has 4 heteroatoms. The second-order valence-corrected chi connectivity index (χ2v) is 6.04. The Morgan fingerprint density at radius 1 is 1.21 bits per heavy atom. The molecule has 1 aromatic carbocycles. The van der Waals surface area contributed by atoms with E-state index in [4.69, 9.17) is 4.74 Å². The van der Waals surface area contributed by atoms with E-state index in [0.717, 1.165) is 11.1 Å². The van der Waals surface area contributed by atoms with E-state index in [0.29, 0.717) is 6.61 Å². The number of rotatable bonds is 0. The van der Waals surface area contributed by atoms with Gasteiger partial charge in [-0.3, -0.25) is 0 Å². The molecule has 74 valence electrons. The average Bonchev–Trinajstić information content (AvgIpc) is 2.44. The Balaban J connectivity index is 2.08. The van der Waals surface area contributed by atoms with Gasteiger partial charge in [0.2, 0.25) is 0 Å². The smallest absolute Gasteiger partial charge is 0.156 e. The van der Waals surface area contributed by atoms with Crippen LogP contribution in [-0.2, 0) is 26.8 Å². The Labute approximate surface area is 82.6 Å². The molecule has 2 aliphatic rings. The average molecular weight is 210 g/mol. The van der Waals surface area contributed by atoms with E-state index in [1.54, 1.807) is 0 Å². The molecule has 0 amide bonds. The van der Waals surface area contributed by atoms with Crippen molar-refractivity contribution in [2.24, 2.45) is 0 Å². The van der Waals surface area contributed by atoms with E-state index in [-0.39, 0.29) is 11.5 Å². The first-order valence-electron chi connectivity index (χ1n) is 4.54. The molecular weight excluding hydrogens is 200 g/mol. The highest BCUT2D eigenvalue weighted by Crippen LogP contribution is 2.44. The number of fused-ring (bicyclic) bond motifs is 2. The maximum atomic E-state index is 11.2. The van der Waals surface area contributed by atoms with Crippen molar-refractivity contribution in [3.63, 3.8) is 0 Å². The molecule has 14 heavy (non-hydrogen) atoms. The predicted octanol–water partition coefficient (Wildman–Crippen LogP) is 0.840. The molecule has 1 fully saturated rings. The summed E-state index contributed by atoms with van der Waals surface area (Å²) in [7, 11) is -2.84. The Morgan fingerprint density at radius 2 is 1.93 bits per heavy atom. The summed E-state index contributed by atoms with van der Waals surface area (Å²) in [4.78, 5) is 0. The van der Waals surface area contributed by atoms with Crippen LogP contribution in [0.2, 0.25) is 0 Å². The lowest BCUT2D eigenvalue weighted by Crippen LogP contribution is -2.51. The van der Waals surface area contributed by atoms with Crippen molar-refractivity contribution in [1.82, 2.24) is 0 Å². The number of benzene rings is 1. The van der Waals surface area contributed by atoms with Gasteiger partial charge in [0.25, 0.3) is 0 Å². The topological polar surface area (TPSA) is 43.4 Å². The van der Waals surface area contributed by atoms with Crippen molar-refractivity contribution < 1.29 is 13.2 Å². The summed E-state index contributed by atoms with van der Waals surface area (Å²) in [6.45, 7) is 0.547. The van der Waals surface area contributed by atoms with Crippen LogP contribution < -0.4 is 0 Å². The van der Waals surface area contributed by atoms with Gasteiger partial charge in [-0.1, -0.05) is 24.3 Å². The van der Waals surface area contributed by atoms with Gasteiger partial charge in [-0.2, -0.15) is 0 Å². The van der Waals surface area contributed by atoms with E-state index >= 15 is 0 Å². The Kier molecular flexibility index (Phi) is 1.43. The van der Waals surface area contributed by atoms with E-state index in [9.17, 15) is 8.42 Å². The maximum absolute atomic E-state index is 11.2. The normalized spacial score (nSPS) is 25.7. The molecule has 2 heterocycles. The molecule has 3 nitrogen and oxygen atoms in total. The lowest BCUT2D eigenvalue weighted by Gasteiger charge is -2.37. The molecule has 2 aliphatic heterocycles. The summed E-state index contributed by atoms with van der Waals surface area (Å²) in [6.07, 6.45) is 0. The van der Waals surface area contributed by atoms with Gasteiger partial charge in [0.1, 0.15) is 5.60 Å². The molecule has 0 saturated carbocycles. The molecule has 1 saturated heterocycles. The summed E-state index contributed by atoms with van der Waals surface area (Å²) < 4.78 is 28.0. The van der Waals surface area contributed by atoms with Gasteiger partial charge in [-0.05, 0) is 11.1 Å². The number of hydrogen-bond donors (Lipinski definition) is 0. The van der Waals surface area contributed by atoms with Crippen LogP contribution in [0.1, 0.15) is 11.1 Å². The van der Waals surface area contributed by atoms with Crippen LogP contribution in [0.3, 0.4) is 0 Å². The lowest BCUT2D eigenvalue weighted by atomic mass is 9.95. The van der Waals surface area contributed by atoms with Crippen molar-refractivity contribution in [1.29, 1.82) is 0 Å². The fourth-order valence-electron chi connectivity index (χ4n) is 2.29. The van der Waals surface area contributed by atoms with Crippen molar-refractivity contribution >= 4 is 9.84 Å². The zero-order valence-electron chi connectivity index (χ0n) is 7.56. The second kappa shape index (κ2) is 2.38. The third kappa shape index (κ3) is 0.980. The number of ether oxygens (including phenoxy) is 1. The molecule has 0 aromatic heterocycles. The maximum Gasteiger partial charge on any atom is 0.156 e. The first-order valence-corrected chi connectivity index (χ1v) is 6.36. The molecule has 1 aromatic rings. The monoisotopic (exact) mass is 210 g/mol. The summed E-state index contributed by atoms with van der Waals surface area (Å²) in [5.41, 5.74) is 1.69. The Bertz CT molecular complexity index is 478. The molecule has 1 spiro atoms. The summed E-state index contributed by atoms with van der Waals surface area (Å²) in [5, 5.41) is 0. The Hall–Kier alpha value is -0.870. The zero-order valence-corrected chi connectivity index (χ0v) is 8.38. The highest BCUT2D eigenvalue weighted by molar-refractivity contribution is 7.93. The minimum atomic E-state index is -2.84. The zero-order chi connectivity index (χ0) is 9.81. The van der Waals surface area contributed by atoms with Crippen LogP contribution in [0.4, 0.5) is 0 Å². The fourth-order valence-corrected chi connectivity index (χ4v) is 4.11. The molecule has 0 aliphatic carbocycles. The number of sulfone groups is 1. The third-order valence-electron chi connectivity index (χ3n) is 2.92. The molecule has 0 unspecified atom stereocenters. The van der Waals surface area contributed by atoms with E-state index in [1.165, 1.54) is 0 Å². The third-order valence-corrected chi connectivity index (χ3v) is 4.73. The highest BCUT2D eigenvalue weighted by atomic mass is 32.2. The quantitative estimate of drug-likeness (QED) is 0.637. The van der Waals surface area contributed by atoms with Gasteiger partial charge in [0, 0.05) is 0 Å². The van der Waals surface area contributed by atoms with Crippen LogP contribution in [0.15, 0.2) is 24.3 Å². The van der Waals surface area contributed by atoms with Crippen LogP contribution in [0.25, 0.3) is 0 Å². The van der Waals surface area contributed by atoms with Crippen LogP contribution in [-0.4, -0.2) is 19.9 Å². The SMILES string of the molecule is O=S1(=O)CC2(C1)OCc1ccccc12. The summed E-state index contributed by atoms with van der Waals surface area (Å²) in [6, 6.07) is 7.85. The first kappa shape index (κ1) is 8.44. The van der Waals surface area contributed by atoms with Gasteiger partial charge >= 0.3 is 0 Å². The fraction of sp³-hybridized carbons (Fsp3) is 0.400. The highest BCUT2D eigenvalue weighted by Gasteiger charge is 2.54. The van der Waals surface area contributed by atoms with Crippen molar-refractivity contribution in [2.75, 3.05) is 11.5 Å². The van der Waals surface area contributed by atoms with Gasteiger partial charge in [0.05, 0.1) is 18.1 Å². The van der Waals surface area contributed by atoms with E-state index in [1.807, 2.05) is 24.3 Å². The molecule has 0 radical (unpaired) electrons. The number of hydrogen-bond acceptors (Lipinski definition) is 3. The molecule has 0 bridgehead atoms. The standard InChI is InChI=1S/C10H10O3S/c11-14(12)6-10(7-14)9-4-2-1-3-8(9)5-13-10/h1-4H,5-7H2. The van der Waals surface area contributed by atoms with Crippen LogP contribution in [0, 0.1) is 0 Å². The van der Waals surface area contributed by atoms with Crippen molar-refractivity contribution in [3.05, 3.63) is 35.4 Å². The molecule has 3 rings (SSSR count). The molecular formula is C10H10O3S. The van der Waals surface area contributed by atoms with Crippen LogP contribution >= 0.6 is 0 Å². The molecule has 0 N–H and O–H groups in total. The van der Waals surface area contributed by atoms with Gasteiger partial charge in [-0.15, -0.1) is 0 Å². The molecule has 0 atom stereocenters. The first-order chi connectivity index (χ1) is 6.61. The minimum absolute atomic E-state index is 0.150. The predicted molar refractivity (Wildman–Crippen MR) is 51.6 cm³/mol. The Morgan fingerprint density at radius 3 is 2.64 bits per heavy atom. The van der Waals surface area contributed by atoms with Gasteiger partial charge in [0.15, 0.2) is 9.84 Å². The largest absolute Gasteiger partial charge is 0.363 e. The van der Waals surface area contributed by atoms with E-state index < -0.39 is 15.4 Å². The van der Waals surface area contributed by atoms with Gasteiger partial charge in [-0.25, -0.2) is 8.42 Å². The van der Waals surface area contributed by atoms with Crippen LogP contribution in [0.5, 0.6) is 0 Å².